The van der Waals surface area contributed by atoms with E-state index >= 15 is 0 Å². The lowest BCUT2D eigenvalue weighted by Gasteiger charge is -2.07. The number of aromatic nitrogens is 1. The molecule has 1 aromatic heterocycles. The van der Waals surface area contributed by atoms with Gasteiger partial charge in [-0.1, -0.05) is 11.6 Å². The Hall–Kier alpha value is -2.13. The predicted octanol–water partition coefficient (Wildman–Crippen LogP) is 2.59. The van der Waals surface area contributed by atoms with Crippen molar-refractivity contribution in [2.45, 2.75) is 13.5 Å². The van der Waals surface area contributed by atoms with Crippen LogP contribution in [0.3, 0.4) is 0 Å². The Bertz CT molecular complexity index is 781. The Balaban J connectivity index is 2.40. The molecule has 20 heavy (non-hydrogen) atoms. The van der Waals surface area contributed by atoms with Crippen molar-refractivity contribution in [2.24, 2.45) is 0 Å². The minimum Gasteiger partial charge on any atom is -0.497 e. The summed E-state index contributed by atoms with van der Waals surface area (Å²) in [7, 11) is 1.67. The van der Waals surface area contributed by atoms with Crippen LogP contribution in [0.4, 0.5) is 0 Å². The Morgan fingerprint density at radius 1 is 1.10 bits per heavy atom. The highest BCUT2D eigenvalue weighted by atomic mass is 16.5. The second kappa shape index (κ2) is 5.10. The van der Waals surface area contributed by atoms with Gasteiger partial charge in [0.05, 0.1) is 17.9 Å². The van der Waals surface area contributed by atoms with E-state index in [0.717, 1.165) is 16.7 Å². The molecule has 0 saturated carbocycles. The smallest absolute Gasteiger partial charge is 0.213 e. The molecule has 3 rings (SSSR count). The average molecular weight is 268 g/mol. The first-order chi connectivity index (χ1) is 9.72. The van der Waals surface area contributed by atoms with Crippen molar-refractivity contribution in [1.82, 2.24) is 0 Å². The average Bonchev–Trinajstić information content (AvgIpc) is 2.46. The number of ether oxygens (including phenoxy) is 1. The maximum absolute atomic E-state index is 9.26. The molecule has 3 nitrogen and oxygen atoms in total. The normalized spacial score (nSPS) is 11.2. The SMILES string of the molecule is COc1ccc2c(c1)c[n+](CCO)c1ccc(C)cc21. The van der Waals surface area contributed by atoms with Gasteiger partial charge < -0.3 is 9.84 Å². The van der Waals surface area contributed by atoms with Gasteiger partial charge in [-0.05, 0) is 31.2 Å². The predicted molar refractivity (Wildman–Crippen MR) is 80.0 cm³/mol. The zero-order chi connectivity index (χ0) is 14.1. The summed E-state index contributed by atoms with van der Waals surface area (Å²) >= 11 is 0. The van der Waals surface area contributed by atoms with Crippen LogP contribution in [0.2, 0.25) is 0 Å². The Morgan fingerprint density at radius 2 is 1.95 bits per heavy atom. The summed E-state index contributed by atoms with van der Waals surface area (Å²) in [4.78, 5) is 0. The van der Waals surface area contributed by atoms with Crippen LogP contribution < -0.4 is 9.30 Å². The lowest BCUT2D eigenvalue weighted by molar-refractivity contribution is -0.671. The molecule has 0 spiro atoms. The van der Waals surface area contributed by atoms with Gasteiger partial charge in [0.15, 0.2) is 12.7 Å². The molecule has 1 N–H and O–H groups in total. The van der Waals surface area contributed by atoms with Gasteiger partial charge in [0.1, 0.15) is 12.4 Å². The maximum Gasteiger partial charge on any atom is 0.213 e. The van der Waals surface area contributed by atoms with Crippen LogP contribution in [0.25, 0.3) is 21.7 Å². The molecule has 0 saturated heterocycles. The molecule has 0 bridgehead atoms. The number of aryl methyl sites for hydroxylation is 1. The summed E-state index contributed by atoms with van der Waals surface area (Å²) < 4.78 is 7.39. The summed E-state index contributed by atoms with van der Waals surface area (Å²) in [6.45, 7) is 2.81. The molecule has 0 aliphatic carbocycles. The Morgan fingerprint density at radius 3 is 2.70 bits per heavy atom. The second-order valence-corrected chi connectivity index (χ2v) is 5.02. The number of fused-ring (bicyclic) bond motifs is 3. The largest absolute Gasteiger partial charge is 0.497 e. The van der Waals surface area contributed by atoms with Crippen LogP contribution in [0, 0.1) is 6.92 Å². The summed E-state index contributed by atoms with van der Waals surface area (Å²) in [5, 5.41) is 12.8. The standard InChI is InChI=1S/C17H18NO2/c1-12-3-6-17-16(9-12)15-5-4-14(20-2)10-13(15)11-18(17)7-8-19/h3-6,9-11,19H,7-8H2,1-2H3/q+1. The maximum atomic E-state index is 9.26. The van der Waals surface area contributed by atoms with Crippen molar-refractivity contribution in [1.29, 1.82) is 0 Å². The molecule has 0 aliphatic rings. The number of nitrogens with zero attached hydrogens (tertiary/aromatic N) is 1. The first-order valence-corrected chi connectivity index (χ1v) is 6.74. The third kappa shape index (κ3) is 2.10. The molecular weight excluding hydrogens is 250 g/mol. The number of hydrogen-bond acceptors (Lipinski definition) is 2. The monoisotopic (exact) mass is 268 g/mol. The highest BCUT2D eigenvalue weighted by molar-refractivity contribution is 6.04. The van der Waals surface area contributed by atoms with Gasteiger partial charge in [-0.2, -0.15) is 4.57 Å². The first kappa shape index (κ1) is 12.9. The fourth-order valence-corrected chi connectivity index (χ4v) is 2.67. The van der Waals surface area contributed by atoms with Crippen LogP contribution in [0.15, 0.2) is 42.6 Å². The number of hydrogen-bond donors (Lipinski definition) is 1. The summed E-state index contributed by atoms with van der Waals surface area (Å²) in [5.74, 6) is 0.847. The minimum absolute atomic E-state index is 0.128. The van der Waals surface area contributed by atoms with Crippen LogP contribution >= 0.6 is 0 Å². The zero-order valence-corrected chi connectivity index (χ0v) is 11.8. The van der Waals surface area contributed by atoms with Gasteiger partial charge in [-0.25, -0.2) is 0 Å². The number of methoxy groups -OCH3 is 1. The first-order valence-electron chi connectivity index (χ1n) is 6.74. The highest BCUT2D eigenvalue weighted by Gasteiger charge is 2.13. The topological polar surface area (TPSA) is 33.3 Å². The summed E-state index contributed by atoms with van der Waals surface area (Å²) in [6, 6.07) is 12.5. The van der Waals surface area contributed by atoms with Crippen LogP contribution in [0.5, 0.6) is 5.75 Å². The van der Waals surface area contributed by atoms with Crippen molar-refractivity contribution in [3.8, 4) is 5.75 Å². The van der Waals surface area contributed by atoms with E-state index in [0.29, 0.717) is 6.54 Å². The molecular formula is C17H18NO2+. The van der Waals surface area contributed by atoms with Crippen molar-refractivity contribution in [2.75, 3.05) is 13.7 Å². The van der Waals surface area contributed by atoms with Gasteiger partial charge in [0, 0.05) is 11.5 Å². The molecule has 2 aromatic carbocycles. The van der Waals surface area contributed by atoms with Gasteiger partial charge in [0.2, 0.25) is 5.52 Å². The third-order valence-electron chi connectivity index (χ3n) is 3.65. The summed E-state index contributed by atoms with van der Waals surface area (Å²) in [6.07, 6.45) is 2.08. The van der Waals surface area contributed by atoms with Gasteiger partial charge in [-0.15, -0.1) is 0 Å². The fraction of sp³-hybridized carbons (Fsp3) is 0.235. The quantitative estimate of drug-likeness (QED) is 0.585. The fourth-order valence-electron chi connectivity index (χ4n) is 2.67. The van der Waals surface area contributed by atoms with Crippen molar-refractivity contribution in [3.63, 3.8) is 0 Å². The molecule has 3 aromatic rings. The van der Waals surface area contributed by atoms with E-state index < -0.39 is 0 Å². The molecule has 1 heterocycles. The van der Waals surface area contributed by atoms with E-state index in [2.05, 4.69) is 42.0 Å². The molecule has 0 atom stereocenters. The summed E-state index contributed by atoms with van der Waals surface area (Å²) in [5.41, 5.74) is 2.37. The van der Waals surface area contributed by atoms with Gasteiger partial charge in [0.25, 0.3) is 0 Å². The highest BCUT2D eigenvalue weighted by Crippen LogP contribution is 2.26. The molecule has 0 unspecified atom stereocenters. The van der Waals surface area contributed by atoms with Crippen LogP contribution in [-0.2, 0) is 6.54 Å². The number of aliphatic hydroxyl groups excluding tert-OH is 1. The van der Waals surface area contributed by atoms with Gasteiger partial charge in [-0.3, -0.25) is 0 Å². The second-order valence-electron chi connectivity index (χ2n) is 5.02. The minimum atomic E-state index is 0.128. The number of pyridine rings is 1. The lowest BCUT2D eigenvalue weighted by atomic mass is 10.0. The van der Waals surface area contributed by atoms with E-state index in [-0.39, 0.29) is 6.61 Å². The van der Waals surface area contributed by atoms with Crippen molar-refractivity contribution in [3.05, 3.63) is 48.2 Å². The number of benzene rings is 2. The molecule has 3 heteroatoms. The number of aliphatic hydroxyl groups is 1. The van der Waals surface area contributed by atoms with E-state index in [1.807, 2.05) is 12.1 Å². The lowest BCUT2D eigenvalue weighted by Crippen LogP contribution is -2.36. The Kier molecular flexibility index (Phi) is 3.28. The van der Waals surface area contributed by atoms with Crippen molar-refractivity contribution >= 4 is 21.7 Å². The van der Waals surface area contributed by atoms with Crippen molar-refractivity contribution < 1.29 is 14.4 Å². The Labute approximate surface area is 118 Å². The van der Waals surface area contributed by atoms with Gasteiger partial charge >= 0.3 is 0 Å². The van der Waals surface area contributed by atoms with E-state index in [1.54, 1.807) is 7.11 Å². The molecule has 102 valence electrons. The molecule has 0 aliphatic heterocycles. The van der Waals surface area contributed by atoms with E-state index in [9.17, 15) is 5.11 Å². The molecule has 0 amide bonds. The van der Waals surface area contributed by atoms with Crippen LogP contribution in [-0.4, -0.2) is 18.8 Å². The van der Waals surface area contributed by atoms with E-state index in [1.165, 1.54) is 16.3 Å². The van der Waals surface area contributed by atoms with Crippen LogP contribution in [0.1, 0.15) is 5.56 Å². The molecule has 0 fully saturated rings. The number of rotatable bonds is 3. The third-order valence-corrected chi connectivity index (χ3v) is 3.65. The molecule has 0 radical (unpaired) electrons. The zero-order valence-electron chi connectivity index (χ0n) is 11.8. The van der Waals surface area contributed by atoms with E-state index in [4.69, 9.17) is 4.74 Å².